The number of nitrogens with zero attached hydrogens (tertiary/aromatic N) is 5. The lowest BCUT2D eigenvalue weighted by Crippen LogP contribution is -2.15. The number of pyridine rings is 1. The molecule has 3 N–H and O–H groups in total. The minimum atomic E-state index is -0.601. The zero-order valence-corrected chi connectivity index (χ0v) is 15.3. The maximum atomic E-state index is 13.4. The predicted molar refractivity (Wildman–Crippen MR) is 103 cm³/mol. The molecule has 10 heteroatoms. The molecule has 0 spiro atoms. The number of hydrogen-bond acceptors (Lipinski definition) is 7. The third-order valence-corrected chi connectivity index (χ3v) is 4.17. The van der Waals surface area contributed by atoms with Crippen LogP contribution in [0.5, 0.6) is 6.01 Å². The van der Waals surface area contributed by atoms with Crippen molar-refractivity contribution in [3.8, 4) is 17.4 Å². The van der Waals surface area contributed by atoms with Crippen LogP contribution in [0.15, 0.2) is 48.7 Å². The molecule has 3 aromatic heterocycles. The summed E-state index contributed by atoms with van der Waals surface area (Å²) in [6, 6.07) is 11.3. The molecule has 4 rings (SSSR count). The van der Waals surface area contributed by atoms with Gasteiger partial charge in [-0.3, -0.25) is 4.79 Å². The molecule has 0 radical (unpaired) electrons. The van der Waals surface area contributed by atoms with Gasteiger partial charge in [0.1, 0.15) is 11.5 Å². The zero-order chi connectivity index (χ0) is 20.4. The monoisotopic (exact) mass is 393 g/mol. The van der Waals surface area contributed by atoms with Gasteiger partial charge in [-0.2, -0.15) is 20.1 Å². The number of ether oxygens (including phenoxy) is 1. The number of amides is 1. The number of hydrogen-bond donors (Lipinski definition) is 2. The molecule has 0 aliphatic carbocycles. The van der Waals surface area contributed by atoms with Gasteiger partial charge in [-0.25, -0.2) is 8.91 Å². The van der Waals surface area contributed by atoms with Crippen LogP contribution in [0.1, 0.15) is 16.1 Å². The molecule has 1 aromatic carbocycles. The fourth-order valence-corrected chi connectivity index (χ4v) is 2.85. The molecule has 1 amide bonds. The average Bonchev–Trinajstić information content (AvgIpc) is 3.16. The number of carbonyl (C=O) groups excluding carboxylic acids is 1. The first-order chi connectivity index (χ1) is 14.0. The Kier molecular flexibility index (Phi) is 4.73. The molecule has 9 nitrogen and oxygen atoms in total. The normalized spacial score (nSPS) is 10.8. The second-order valence-corrected chi connectivity index (χ2v) is 6.08. The SMILES string of the molecule is COc1nc(NCc2cccc(F)c2)nc(-c2cnn3c(C(N)=O)cccc23)n1. The first kappa shape index (κ1) is 18.3. The summed E-state index contributed by atoms with van der Waals surface area (Å²) in [6.45, 7) is 0.310. The van der Waals surface area contributed by atoms with E-state index < -0.39 is 5.91 Å². The van der Waals surface area contributed by atoms with Crippen LogP contribution >= 0.6 is 0 Å². The van der Waals surface area contributed by atoms with E-state index in [-0.39, 0.29) is 23.5 Å². The average molecular weight is 393 g/mol. The maximum absolute atomic E-state index is 13.4. The summed E-state index contributed by atoms with van der Waals surface area (Å²) in [5.41, 5.74) is 7.54. The lowest BCUT2D eigenvalue weighted by atomic mass is 10.2. The van der Waals surface area contributed by atoms with Crippen molar-refractivity contribution in [2.45, 2.75) is 6.54 Å². The predicted octanol–water partition coefficient (Wildman–Crippen LogP) is 2.04. The number of anilines is 1. The van der Waals surface area contributed by atoms with Crippen LogP contribution in [0.3, 0.4) is 0 Å². The quantitative estimate of drug-likeness (QED) is 0.514. The number of aromatic nitrogens is 5. The van der Waals surface area contributed by atoms with Crippen LogP contribution in [0.2, 0.25) is 0 Å². The van der Waals surface area contributed by atoms with E-state index in [4.69, 9.17) is 10.5 Å². The lowest BCUT2D eigenvalue weighted by molar-refractivity contribution is 0.0993. The van der Waals surface area contributed by atoms with E-state index in [0.717, 1.165) is 5.56 Å². The third kappa shape index (κ3) is 3.68. The molecule has 0 bridgehead atoms. The zero-order valence-electron chi connectivity index (χ0n) is 15.3. The van der Waals surface area contributed by atoms with Gasteiger partial charge in [-0.15, -0.1) is 0 Å². The molecule has 0 aliphatic heterocycles. The number of nitrogens with one attached hydrogen (secondary N) is 1. The second kappa shape index (κ2) is 7.50. The number of benzene rings is 1. The van der Waals surface area contributed by atoms with Crippen LogP contribution in [-0.4, -0.2) is 37.6 Å². The summed E-state index contributed by atoms with van der Waals surface area (Å²) < 4.78 is 20.0. The Morgan fingerprint density at radius 2 is 2.03 bits per heavy atom. The van der Waals surface area contributed by atoms with Crippen LogP contribution in [-0.2, 0) is 6.54 Å². The van der Waals surface area contributed by atoms with Crippen molar-refractivity contribution < 1.29 is 13.9 Å². The van der Waals surface area contributed by atoms with Gasteiger partial charge in [0, 0.05) is 6.54 Å². The maximum Gasteiger partial charge on any atom is 0.321 e. The largest absolute Gasteiger partial charge is 0.467 e. The molecular weight excluding hydrogens is 377 g/mol. The van der Waals surface area contributed by atoms with Crippen molar-refractivity contribution in [3.05, 3.63) is 65.7 Å². The van der Waals surface area contributed by atoms with Gasteiger partial charge in [0.25, 0.3) is 5.91 Å². The van der Waals surface area contributed by atoms with Gasteiger partial charge in [0.15, 0.2) is 5.82 Å². The van der Waals surface area contributed by atoms with Crippen molar-refractivity contribution in [2.24, 2.45) is 5.73 Å². The fourth-order valence-electron chi connectivity index (χ4n) is 2.85. The van der Waals surface area contributed by atoms with Gasteiger partial charge >= 0.3 is 6.01 Å². The summed E-state index contributed by atoms with van der Waals surface area (Å²) in [7, 11) is 1.44. The standard InChI is InChI=1S/C19H16FN7O2/c1-29-19-25-17(13-10-23-27-14(13)6-3-7-15(27)16(21)28)24-18(26-19)22-9-11-4-2-5-12(20)8-11/h2-8,10H,9H2,1H3,(H2,21,28)(H,22,24,25,26). The number of rotatable bonds is 6. The first-order valence-electron chi connectivity index (χ1n) is 8.60. The summed E-state index contributed by atoms with van der Waals surface area (Å²) in [6.07, 6.45) is 1.53. The van der Waals surface area contributed by atoms with Crippen LogP contribution in [0.25, 0.3) is 16.9 Å². The molecule has 0 unspecified atom stereocenters. The molecule has 0 atom stereocenters. The second-order valence-electron chi connectivity index (χ2n) is 6.08. The molecule has 4 aromatic rings. The Morgan fingerprint density at radius 3 is 2.79 bits per heavy atom. The number of primary amides is 1. The number of methoxy groups -OCH3 is 1. The highest BCUT2D eigenvalue weighted by Gasteiger charge is 2.16. The van der Waals surface area contributed by atoms with Gasteiger partial charge < -0.3 is 15.8 Å². The molecule has 0 aliphatic rings. The molecular formula is C19H16FN7O2. The van der Waals surface area contributed by atoms with E-state index in [2.05, 4.69) is 25.4 Å². The highest BCUT2D eigenvalue weighted by Crippen LogP contribution is 2.24. The van der Waals surface area contributed by atoms with Crippen molar-refractivity contribution in [1.29, 1.82) is 0 Å². The molecule has 3 heterocycles. The summed E-state index contributed by atoms with van der Waals surface area (Å²) in [4.78, 5) is 24.5. The van der Waals surface area contributed by atoms with E-state index in [1.165, 1.54) is 30.0 Å². The number of carbonyl (C=O) groups is 1. The highest BCUT2D eigenvalue weighted by molar-refractivity contribution is 5.92. The van der Waals surface area contributed by atoms with E-state index in [1.807, 2.05) is 0 Å². The first-order valence-corrected chi connectivity index (χ1v) is 8.60. The Labute approximate surface area is 164 Å². The Hall–Kier alpha value is -4.08. The number of fused-ring (bicyclic) bond motifs is 1. The van der Waals surface area contributed by atoms with Crippen LogP contribution in [0, 0.1) is 5.82 Å². The Balaban J connectivity index is 1.71. The minimum Gasteiger partial charge on any atom is -0.467 e. The number of nitrogens with two attached hydrogens (primary N) is 1. The Bertz CT molecular complexity index is 1210. The molecule has 29 heavy (non-hydrogen) atoms. The third-order valence-electron chi connectivity index (χ3n) is 4.17. The van der Waals surface area contributed by atoms with Crippen molar-refractivity contribution in [2.75, 3.05) is 12.4 Å². The van der Waals surface area contributed by atoms with Crippen molar-refractivity contribution in [3.63, 3.8) is 0 Å². The highest BCUT2D eigenvalue weighted by atomic mass is 19.1. The fraction of sp³-hybridized carbons (Fsp3) is 0.105. The van der Waals surface area contributed by atoms with Gasteiger partial charge in [0.05, 0.1) is 24.4 Å². The van der Waals surface area contributed by atoms with E-state index >= 15 is 0 Å². The number of halogens is 1. The van der Waals surface area contributed by atoms with Gasteiger partial charge in [-0.1, -0.05) is 18.2 Å². The molecule has 0 saturated carbocycles. The summed E-state index contributed by atoms with van der Waals surface area (Å²) in [5.74, 6) is -0.373. The van der Waals surface area contributed by atoms with Crippen LogP contribution < -0.4 is 15.8 Å². The Morgan fingerprint density at radius 1 is 1.21 bits per heavy atom. The topological polar surface area (TPSA) is 120 Å². The molecule has 0 saturated heterocycles. The minimum absolute atomic E-state index is 0.0992. The van der Waals surface area contributed by atoms with E-state index in [1.54, 1.807) is 30.3 Å². The smallest absolute Gasteiger partial charge is 0.321 e. The van der Waals surface area contributed by atoms with Crippen LogP contribution in [0.4, 0.5) is 10.3 Å². The molecule has 0 fully saturated rings. The summed E-state index contributed by atoms with van der Waals surface area (Å²) in [5, 5.41) is 7.25. The van der Waals surface area contributed by atoms with E-state index in [0.29, 0.717) is 23.4 Å². The van der Waals surface area contributed by atoms with Gasteiger partial charge in [-0.05, 0) is 29.8 Å². The van der Waals surface area contributed by atoms with E-state index in [9.17, 15) is 9.18 Å². The lowest BCUT2D eigenvalue weighted by Gasteiger charge is -2.08. The van der Waals surface area contributed by atoms with Crippen molar-refractivity contribution in [1.82, 2.24) is 24.6 Å². The van der Waals surface area contributed by atoms with Crippen molar-refractivity contribution >= 4 is 17.4 Å². The van der Waals surface area contributed by atoms with Gasteiger partial charge in [0.2, 0.25) is 5.95 Å². The summed E-state index contributed by atoms with van der Waals surface area (Å²) >= 11 is 0. The molecule has 146 valence electrons.